The molecule has 25 heavy (non-hydrogen) atoms. The van der Waals surface area contributed by atoms with Gasteiger partial charge in [-0.25, -0.2) is 4.98 Å². The van der Waals surface area contributed by atoms with Crippen LogP contribution in [-0.4, -0.2) is 43.1 Å². The standard InChI is InChI=1S/C19H27N5O/c1-13-8-18-19(9-14(13)2)23(12-21-18)11-17(25)10-20-15(3)16(4)24-7-5-6-22-24/h5-9,12,15-17,20,25H,10-11H2,1-4H3/t15-,16+,17-/m1/s1. The van der Waals surface area contributed by atoms with Crippen molar-refractivity contribution in [3.63, 3.8) is 0 Å². The number of aliphatic hydroxyl groups excluding tert-OH is 1. The first-order valence-corrected chi connectivity index (χ1v) is 8.78. The highest BCUT2D eigenvalue weighted by Crippen LogP contribution is 2.18. The molecule has 6 nitrogen and oxygen atoms in total. The van der Waals surface area contributed by atoms with E-state index in [0.29, 0.717) is 13.1 Å². The Morgan fingerprint density at radius 1 is 1.20 bits per heavy atom. The quantitative estimate of drug-likeness (QED) is 0.693. The summed E-state index contributed by atoms with van der Waals surface area (Å²) in [5.74, 6) is 0. The Bertz CT molecular complexity index is 824. The average molecular weight is 341 g/mol. The van der Waals surface area contributed by atoms with Gasteiger partial charge in [0.15, 0.2) is 0 Å². The lowest BCUT2D eigenvalue weighted by Crippen LogP contribution is -2.39. The maximum Gasteiger partial charge on any atom is 0.0959 e. The molecule has 2 heterocycles. The first-order chi connectivity index (χ1) is 12.0. The van der Waals surface area contributed by atoms with Gasteiger partial charge in [0, 0.05) is 25.0 Å². The average Bonchev–Trinajstić information content (AvgIpc) is 3.24. The molecule has 3 aromatic rings. The van der Waals surface area contributed by atoms with E-state index >= 15 is 0 Å². The summed E-state index contributed by atoms with van der Waals surface area (Å²) in [4.78, 5) is 4.45. The van der Waals surface area contributed by atoms with E-state index in [-0.39, 0.29) is 12.1 Å². The fraction of sp³-hybridized carbons (Fsp3) is 0.474. The van der Waals surface area contributed by atoms with Crippen molar-refractivity contribution < 1.29 is 5.11 Å². The third-order valence-electron chi connectivity index (χ3n) is 4.99. The van der Waals surface area contributed by atoms with E-state index in [0.717, 1.165) is 11.0 Å². The Balaban J connectivity index is 1.59. The smallest absolute Gasteiger partial charge is 0.0959 e. The monoisotopic (exact) mass is 341 g/mol. The Labute approximate surface area is 148 Å². The largest absolute Gasteiger partial charge is 0.390 e. The van der Waals surface area contributed by atoms with E-state index in [2.05, 4.69) is 55.2 Å². The third-order valence-corrected chi connectivity index (χ3v) is 4.99. The number of aliphatic hydroxyl groups is 1. The molecule has 0 unspecified atom stereocenters. The van der Waals surface area contributed by atoms with Crippen LogP contribution in [0.5, 0.6) is 0 Å². The Morgan fingerprint density at radius 2 is 1.96 bits per heavy atom. The summed E-state index contributed by atoms with van der Waals surface area (Å²) in [7, 11) is 0. The summed E-state index contributed by atoms with van der Waals surface area (Å²) in [5, 5.41) is 18.1. The number of fused-ring (bicyclic) bond motifs is 1. The van der Waals surface area contributed by atoms with Crippen LogP contribution in [0.25, 0.3) is 11.0 Å². The van der Waals surface area contributed by atoms with Crippen molar-refractivity contribution in [3.05, 3.63) is 48.0 Å². The van der Waals surface area contributed by atoms with Crippen LogP contribution in [-0.2, 0) is 6.54 Å². The van der Waals surface area contributed by atoms with Gasteiger partial charge in [0.05, 0.1) is 36.1 Å². The number of rotatable bonds is 7. The van der Waals surface area contributed by atoms with Crippen molar-refractivity contribution in [2.24, 2.45) is 0 Å². The molecule has 1 aromatic carbocycles. The van der Waals surface area contributed by atoms with Crippen molar-refractivity contribution in [3.8, 4) is 0 Å². The van der Waals surface area contributed by atoms with Gasteiger partial charge in [0.2, 0.25) is 0 Å². The molecule has 0 aliphatic heterocycles. The van der Waals surface area contributed by atoms with Gasteiger partial charge in [-0.2, -0.15) is 5.10 Å². The van der Waals surface area contributed by atoms with Crippen molar-refractivity contribution in [2.45, 2.75) is 52.4 Å². The molecule has 0 amide bonds. The lowest BCUT2D eigenvalue weighted by Gasteiger charge is -2.23. The molecular formula is C19H27N5O. The van der Waals surface area contributed by atoms with Gasteiger partial charge >= 0.3 is 0 Å². The van der Waals surface area contributed by atoms with Crippen molar-refractivity contribution in [1.29, 1.82) is 0 Å². The molecule has 3 rings (SSSR count). The third kappa shape index (κ3) is 3.91. The van der Waals surface area contributed by atoms with Crippen LogP contribution in [0.15, 0.2) is 36.9 Å². The number of aryl methyl sites for hydroxylation is 2. The van der Waals surface area contributed by atoms with E-state index in [4.69, 9.17) is 0 Å². The van der Waals surface area contributed by atoms with Crippen LogP contribution < -0.4 is 5.32 Å². The zero-order valence-corrected chi connectivity index (χ0v) is 15.3. The summed E-state index contributed by atoms with van der Waals surface area (Å²) in [6.45, 7) is 9.46. The van der Waals surface area contributed by atoms with Gasteiger partial charge in [-0.05, 0) is 57.0 Å². The van der Waals surface area contributed by atoms with Gasteiger partial charge in [-0.3, -0.25) is 4.68 Å². The zero-order valence-electron chi connectivity index (χ0n) is 15.3. The second kappa shape index (κ2) is 7.37. The van der Waals surface area contributed by atoms with Crippen molar-refractivity contribution >= 4 is 11.0 Å². The first-order valence-electron chi connectivity index (χ1n) is 8.78. The Hall–Kier alpha value is -2.18. The maximum absolute atomic E-state index is 10.4. The molecule has 0 saturated heterocycles. The molecule has 0 radical (unpaired) electrons. The predicted octanol–water partition coefficient (Wildman–Crippen LogP) is 2.45. The number of benzene rings is 1. The molecule has 2 N–H and O–H groups in total. The van der Waals surface area contributed by atoms with Crippen LogP contribution in [0.4, 0.5) is 0 Å². The fourth-order valence-corrected chi connectivity index (χ4v) is 2.99. The second-order valence-corrected chi connectivity index (χ2v) is 6.90. The molecule has 0 saturated carbocycles. The van der Waals surface area contributed by atoms with Crippen LogP contribution in [0.2, 0.25) is 0 Å². The minimum absolute atomic E-state index is 0.207. The molecule has 3 atom stereocenters. The summed E-state index contributed by atoms with van der Waals surface area (Å²) in [6.07, 6.45) is 5.07. The predicted molar refractivity (Wildman–Crippen MR) is 99.6 cm³/mol. The van der Waals surface area contributed by atoms with E-state index in [1.807, 2.05) is 27.8 Å². The van der Waals surface area contributed by atoms with Gasteiger partial charge in [0.1, 0.15) is 0 Å². The molecule has 6 heteroatoms. The number of hydrogen-bond acceptors (Lipinski definition) is 4. The highest BCUT2D eigenvalue weighted by Gasteiger charge is 2.16. The summed E-state index contributed by atoms with van der Waals surface area (Å²) in [6, 6.07) is 6.59. The number of nitrogens with zero attached hydrogens (tertiary/aromatic N) is 4. The van der Waals surface area contributed by atoms with Crippen LogP contribution in [0.3, 0.4) is 0 Å². The van der Waals surface area contributed by atoms with E-state index in [9.17, 15) is 5.11 Å². The molecular weight excluding hydrogens is 314 g/mol. The molecule has 0 spiro atoms. The fourth-order valence-electron chi connectivity index (χ4n) is 2.99. The number of hydrogen-bond donors (Lipinski definition) is 2. The SMILES string of the molecule is Cc1cc2ncn(C[C@H](O)CN[C@H](C)[C@H](C)n3cccn3)c2cc1C. The van der Waals surface area contributed by atoms with Gasteiger partial charge < -0.3 is 15.0 Å². The van der Waals surface area contributed by atoms with Gasteiger partial charge in [0.25, 0.3) is 0 Å². The number of nitrogens with one attached hydrogen (secondary N) is 1. The normalized spacial score (nSPS) is 15.4. The van der Waals surface area contributed by atoms with E-state index < -0.39 is 6.10 Å². The Kier molecular flexibility index (Phi) is 5.20. The van der Waals surface area contributed by atoms with Crippen LogP contribution >= 0.6 is 0 Å². The molecule has 2 aromatic heterocycles. The first kappa shape index (κ1) is 17.6. The summed E-state index contributed by atoms with van der Waals surface area (Å²) in [5.41, 5.74) is 4.52. The second-order valence-electron chi connectivity index (χ2n) is 6.90. The molecule has 0 aliphatic carbocycles. The highest BCUT2D eigenvalue weighted by molar-refractivity contribution is 5.77. The molecule has 0 bridgehead atoms. The summed E-state index contributed by atoms with van der Waals surface area (Å²) >= 11 is 0. The Morgan fingerprint density at radius 3 is 2.68 bits per heavy atom. The van der Waals surface area contributed by atoms with Gasteiger partial charge in [-0.15, -0.1) is 0 Å². The highest BCUT2D eigenvalue weighted by atomic mass is 16.3. The van der Waals surface area contributed by atoms with E-state index in [1.165, 1.54) is 11.1 Å². The summed E-state index contributed by atoms with van der Waals surface area (Å²) < 4.78 is 3.95. The molecule has 0 aliphatic rings. The zero-order chi connectivity index (χ0) is 18.0. The molecule has 134 valence electrons. The topological polar surface area (TPSA) is 67.9 Å². The van der Waals surface area contributed by atoms with Crippen LogP contribution in [0, 0.1) is 13.8 Å². The van der Waals surface area contributed by atoms with Gasteiger partial charge in [-0.1, -0.05) is 0 Å². The van der Waals surface area contributed by atoms with Crippen LogP contribution in [0.1, 0.15) is 31.0 Å². The van der Waals surface area contributed by atoms with E-state index in [1.54, 1.807) is 6.20 Å². The lowest BCUT2D eigenvalue weighted by molar-refractivity contribution is 0.145. The maximum atomic E-state index is 10.4. The van der Waals surface area contributed by atoms with Crippen molar-refractivity contribution in [1.82, 2.24) is 24.6 Å². The van der Waals surface area contributed by atoms with Crippen molar-refractivity contribution in [2.75, 3.05) is 6.54 Å². The molecule has 0 fully saturated rings. The minimum atomic E-state index is -0.480. The minimum Gasteiger partial charge on any atom is -0.390 e. The number of aromatic nitrogens is 4. The lowest BCUT2D eigenvalue weighted by atomic mass is 10.1. The number of imidazole rings is 1.